The highest BCUT2D eigenvalue weighted by molar-refractivity contribution is 7.47. The van der Waals surface area contributed by atoms with Crippen LogP contribution in [0.3, 0.4) is 0 Å². The van der Waals surface area contributed by atoms with Crippen LogP contribution in [0.1, 0.15) is 6.23 Å². The van der Waals surface area contributed by atoms with E-state index in [9.17, 15) is 14.6 Å². The minimum absolute atomic E-state index is 0. The van der Waals surface area contributed by atoms with Crippen LogP contribution in [0.25, 0.3) is 11.0 Å². The molecule has 0 spiro atoms. The molecule has 0 saturated carbocycles. The average molecular weight is 330 g/mol. The molecule has 2 aliphatic heterocycles. The zero-order chi connectivity index (χ0) is 14.6. The van der Waals surface area contributed by atoms with E-state index in [1.165, 1.54) is 4.80 Å². The van der Waals surface area contributed by atoms with Crippen molar-refractivity contribution in [1.82, 2.24) is 21.1 Å². The SMILES string of the molecule is N.O=P1(O)OCC2OC(n3nc4ccccc4n3)C(O)[C@@H]2O1. The molecule has 2 aliphatic rings. The van der Waals surface area contributed by atoms with Gasteiger partial charge in [-0.3, -0.25) is 9.05 Å². The number of nitrogens with zero attached hydrogens (tertiary/aromatic N) is 3. The minimum Gasteiger partial charge on any atom is -0.385 e. The van der Waals surface area contributed by atoms with Crippen LogP contribution in [0, 0.1) is 0 Å². The van der Waals surface area contributed by atoms with Crippen LogP contribution in [0.5, 0.6) is 0 Å². The third kappa shape index (κ3) is 2.44. The van der Waals surface area contributed by atoms with Gasteiger partial charge in [-0.15, -0.1) is 0 Å². The number of aliphatic hydroxyl groups is 1. The molecule has 10 nitrogen and oxygen atoms in total. The van der Waals surface area contributed by atoms with Crippen LogP contribution < -0.4 is 6.15 Å². The Kier molecular flexibility index (Phi) is 3.77. The number of fused-ring (bicyclic) bond motifs is 2. The Hall–Kier alpha value is -1.39. The van der Waals surface area contributed by atoms with Gasteiger partial charge in [0.25, 0.3) is 0 Å². The number of ether oxygens (including phenoxy) is 1. The molecule has 2 saturated heterocycles. The van der Waals surface area contributed by atoms with Crippen molar-refractivity contribution in [2.45, 2.75) is 24.5 Å². The highest BCUT2D eigenvalue weighted by Gasteiger charge is 2.53. The fraction of sp³-hybridized carbons (Fsp3) is 0.455. The Labute approximate surface area is 124 Å². The smallest absolute Gasteiger partial charge is 0.385 e. The van der Waals surface area contributed by atoms with Crippen LogP contribution in [-0.2, 0) is 18.3 Å². The third-order valence-electron chi connectivity index (χ3n) is 3.50. The maximum Gasteiger partial charge on any atom is 0.472 e. The number of aliphatic hydroxyl groups excluding tert-OH is 1. The van der Waals surface area contributed by atoms with Gasteiger partial charge in [0.2, 0.25) is 0 Å². The normalized spacial score (nSPS) is 37.7. The molecule has 0 aliphatic carbocycles. The largest absolute Gasteiger partial charge is 0.472 e. The van der Waals surface area contributed by atoms with Crippen molar-refractivity contribution >= 4 is 18.9 Å². The van der Waals surface area contributed by atoms with Crippen LogP contribution in [0.2, 0.25) is 0 Å². The van der Waals surface area contributed by atoms with Gasteiger partial charge in [-0.05, 0) is 12.1 Å². The quantitative estimate of drug-likeness (QED) is 0.630. The number of benzene rings is 1. The number of rotatable bonds is 1. The summed E-state index contributed by atoms with van der Waals surface area (Å²) in [5.41, 5.74) is 1.32. The first kappa shape index (κ1) is 15.5. The van der Waals surface area contributed by atoms with Crippen molar-refractivity contribution in [3.8, 4) is 0 Å². The van der Waals surface area contributed by atoms with Crippen molar-refractivity contribution in [3.05, 3.63) is 24.3 Å². The van der Waals surface area contributed by atoms with E-state index >= 15 is 0 Å². The molecular weight excluding hydrogens is 315 g/mol. The summed E-state index contributed by atoms with van der Waals surface area (Å²) in [6, 6.07) is 7.22. The van der Waals surface area contributed by atoms with Crippen molar-refractivity contribution in [2.75, 3.05) is 6.61 Å². The molecule has 0 radical (unpaired) electrons. The van der Waals surface area contributed by atoms with E-state index in [1.54, 1.807) is 12.1 Å². The number of phosphoric acid groups is 1. The predicted octanol–water partition coefficient (Wildman–Crippen LogP) is 0.367. The van der Waals surface area contributed by atoms with Crippen molar-refractivity contribution in [2.24, 2.45) is 0 Å². The summed E-state index contributed by atoms with van der Waals surface area (Å²) in [6.07, 6.45) is -3.66. The van der Waals surface area contributed by atoms with Crippen LogP contribution in [0.15, 0.2) is 24.3 Å². The van der Waals surface area contributed by atoms with Crippen molar-refractivity contribution in [1.29, 1.82) is 0 Å². The monoisotopic (exact) mass is 330 g/mol. The van der Waals surface area contributed by atoms with Gasteiger partial charge in [-0.25, -0.2) is 4.57 Å². The standard InChI is InChI=1S/C11H12N3O6P.H3N/c15-9-10-8(5-18-21(16,17)20-10)19-11(9)14-12-6-3-1-2-4-7(6)13-14;/h1-4,8-11,15H,5H2,(H,16,17);1H3/t8?,9?,10-,11?;/m1./s1. The van der Waals surface area contributed by atoms with Crippen molar-refractivity contribution < 1.29 is 28.3 Å². The Balaban J connectivity index is 0.00000144. The number of phosphoric ester groups is 1. The van der Waals surface area contributed by atoms with Gasteiger partial charge in [-0.2, -0.15) is 15.0 Å². The fourth-order valence-corrected chi connectivity index (χ4v) is 3.48. The highest BCUT2D eigenvalue weighted by atomic mass is 31.2. The molecule has 11 heteroatoms. The maximum atomic E-state index is 11.4. The maximum absolute atomic E-state index is 11.4. The lowest BCUT2D eigenvalue weighted by molar-refractivity contribution is -0.0746. The molecule has 0 bridgehead atoms. The summed E-state index contributed by atoms with van der Waals surface area (Å²) in [5.74, 6) is 0. The molecule has 120 valence electrons. The van der Waals surface area contributed by atoms with E-state index in [4.69, 9.17) is 9.26 Å². The summed E-state index contributed by atoms with van der Waals surface area (Å²) in [7, 11) is -4.13. The lowest BCUT2D eigenvalue weighted by atomic mass is 10.1. The van der Waals surface area contributed by atoms with Crippen LogP contribution in [-0.4, -0.2) is 49.9 Å². The molecule has 2 fully saturated rings. The second kappa shape index (κ2) is 5.36. The summed E-state index contributed by atoms with van der Waals surface area (Å²) < 4.78 is 26.6. The number of hydrogen-bond acceptors (Lipinski definition) is 8. The average Bonchev–Trinajstić information content (AvgIpc) is 3.00. The lowest BCUT2D eigenvalue weighted by Crippen LogP contribution is -2.39. The minimum atomic E-state index is -4.13. The second-order valence-electron chi connectivity index (χ2n) is 4.90. The summed E-state index contributed by atoms with van der Waals surface area (Å²) in [6.45, 7) is -0.132. The van der Waals surface area contributed by atoms with E-state index in [0.717, 1.165) is 0 Å². The van der Waals surface area contributed by atoms with Gasteiger partial charge < -0.3 is 20.9 Å². The molecule has 22 heavy (non-hydrogen) atoms. The van der Waals surface area contributed by atoms with Gasteiger partial charge in [0.15, 0.2) is 6.23 Å². The van der Waals surface area contributed by atoms with Gasteiger partial charge >= 0.3 is 7.82 Å². The topological polar surface area (TPSA) is 151 Å². The predicted molar refractivity (Wildman–Crippen MR) is 73.1 cm³/mol. The summed E-state index contributed by atoms with van der Waals surface area (Å²) in [4.78, 5) is 10.6. The molecule has 5 atom stereocenters. The number of aromatic nitrogens is 3. The first-order valence-corrected chi connectivity index (χ1v) is 7.84. The van der Waals surface area contributed by atoms with Crippen LogP contribution >= 0.6 is 7.82 Å². The lowest BCUT2D eigenvalue weighted by Gasteiger charge is -2.27. The van der Waals surface area contributed by atoms with Crippen molar-refractivity contribution in [3.63, 3.8) is 0 Å². The zero-order valence-corrected chi connectivity index (χ0v) is 12.2. The van der Waals surface area contributed by atoms with E-state index in [1.807, 2.05) is 12.1 Å². The third-order valence-corrected chi connectivity index (χ3v) is 4.48. The second-order valence-corrected chi connectivity index (χ2v) is 6.31. The van der Waals surface area contributed by atoms with Gasteiger partial charge in [0.1, 0.15) is 29.3 Å². The fourth-order valence-electron chi connectivity index (χ4n) is 2.52. The molecule has 3 heterocycles. The number of hydrogen-bond donors (Lipinski definition) is 3. The molecule has 0 amide bonds. The molecular formula is C11H15N4O6P. The van der Waals surface area contributed by atoms with E-state index in [0.29, 0.717) is 11.0 Å². The van der Waals surface area contributed by atoms with Crippen LogP contribution in [0.4, 0.5) is 0 Å². The van der Waals surface area contributed by atoms with Gasteiger partial charge in [0, 0.05) is 0 Å². The van der Waals surface area contributed by atoms with E-state index in [2.05, 4.69) is 14.7 Å². The first-order valence-electron chi connectivity index (χ1n) is 6.34. The summed E-state index contributed by atoms with van der Waals surface area (Å²) in [5, 5.41) is 18.7. The molecule has 2 aromatic rings. The van der Waals surface area contributed by atoms with Gasteiger partial charge in [-0.1, -0.05) is 12.1 Å². The highest BCUT2D eigenvalue weighted by Crippen LogP contribution is 2.52. The van der Waals surface area contributed by atoms with E-state index in [-0.39, 0.29) is 12.8 Å². The molecule has 4 unspecified atom stereocenters. The Bertz CT molecular complexity index is 705. The molecule has 4 rings (SSSR count). The first-order chi connectivity index (χ1) is 10.0. The molecule has 5 N–H and O–H groups in total. The zero-order valence-electron chi connectivity index (χ0n) is 11.3. The Morgan fingerprint density at radius 1 is 1.27 bits per heavy atom. The summed E-state index contributed by atoms with van der Waals surface area (Å²) >= 11 is 0. The van der Waals surface area contributed by atoms with Gasteiger partial charge in [0.05, 0.1) is 6.61 Å². The Morgan fingerprint density at radius 3 is 2.55 bits per heavy atom. The molecule has 1 aromatic heterocycles. The molecule has 1 aromatic carbocycles. The van der Waals surface area contributed by atoms with E-state index < -0.39 is 32.4 Å². The Morgan fingerprint density at radius 2 is 1.91 bits per heavy atom.